The molecule has 13 rings (SSSR count). The van der Waals surface area contributed by atoms with Gasteiger partial charge < -0.3 is 0 Å². The van der Waals surface area contributed by atoms with E-state index in [2.05, 4.69) is 181 Å². The molecule has 63 heavy (non-hydrogen) atoms. The van der Waals surface area contributed by atoms with Crippen LogP contribution in [0.5, 0.6) is 0 Å². The zero-order valence-corrected chi connectivity index (χ0v) is 36.0. The van der Waals surface area contributed by atoms with Gasteiger partial charge in [-0.15, -0.1) is 22.7 Å². The van der Waals surface area contributed by atoms with Gasteiger partial charge in [-0.25, -0.2) is 19.9 Å². The second kappa shape index (κ2) is 13.7. The minimum absolute atomic E-state index is 0.186. The summed E-state index contributed by atoms with van der Waals surface area (Å²) in [6.45, 7) is 4.70. The van der Waals surface area contributed by atoms with Gasteiger partial charge in [0.05, 0.1) is 42.5 Å². The molecule has 8 heteroatoms. The average molecular weight is 845 g/mol. The van der Waals surface area contributed by atoms with Crippen molar-refractivity contribution in [3.63, 3.8) is 0 Å². The van der Waals surface area contributed by atoms with Gasteiger partial charge in [0.1, 0.15) is 21.7 Å². The predicted octanol–water partition coefficient (Wildman–Crippen LogP) is 14.6. The Kier molecular flexibility index (Phi) is 7.89. The molecule has 0 fully saturated rings. The summed E-state index contributed by atoms with van der Waals surface area (Å²) in [6.07, 6.45) is 0. The van der Waals surface area contributed by atoms with Crippen LogP contribution in [0.3, 0.4) is 0 Å². The van der Waals surface area contributed by atoms with Crippen molar-refractivity contribution in [2.45, 2.75) is 19.3 Å². The first-order valence-electron chi connectivity index (χ1n) is 21.1. The molecule has 4 aromatic heterocycles. The number of fused-ring (bicyclic) bond motifs is 7. The fraction of sp³-hybridized carbons (Fsp3) is 0.0545. The van der Waals surface area contributed by atoms with Crippen molar-refractivity contribution in [1.29, 1.82) is 0 Å². The monoisotopic (exact) mass is 844 g/mol. The molecule has 298 valence electrons. The topological polar surface area (TPSA) is 61.4 Å². The molecule has 1 aliphatic carbocycles. The number of hydrogen-bond acceptors (Lipinski definition) is 6. The molecule has 0 radical (unpaired) electrons. The number of thiazole rings is 2. The molecule has 0 amide bonds. The average Bonchev–Trinajstić information content (AvgIpc) is 4.16. The van der Waals surface area contributed by atoms with Crippen LogP contribution in [0.4, 0.5) is 0 Å². The summed E-state index contributed by atoms with van der Waals surface area (Å²) >= 11 is 3.51. The Bertz CT molecular complexity index is 3530. The number of hydrogen-bond donors (Lipinski definition) is 0. The van der Waals surface area contributed by atoms with Crippen LogP contribution in [-0.2, 0) is 5.41 Å². The number of nitrogens with zero attached hydrogens (tertiary/aromatic N) is 6. The Labute approximate surface area is 371 Å². The summed E-state index contributed by atoms with van der Waals surface area (Å²) < 4.78 is 6.88. The molecule has 0 atom stereocenters. The Morgan fingerprint density at radius 3 is 1.25 bits per heavy atom. The van der Waals surface area contributed by atoms with Crippen LogP contribution in [0, 0.1) is 0 Å². The summed E-state index contributed by atoms with van der Waals surface area (Å²) in [7, 11) is 0. The Morgan fingerprint density at radius 2 is 0.794 bits per heavy atom. The fourth-order valence-corrected chi connectivity index (χ4v) is 11.5. The number of benzene rings is 8. The van der Waals surface area contributed by atoms with E-state index in [0.717, 1.165) is 88.4 Å². The Hall–Kier alpha value is -7.52. The van der Waals surface area contributed by atoms with Crippen molar-refractivity contribution in [3.8, 4) is 66.4 Å². The van der Waals surface area contributed by atoms with Crippen LogP contribution in [-0.4, -0.2) is 29.1 Å². The Balaban J connectivity index is 0.868. The lowest BCUT2D eigenvalue weighted by Gasteiger charge is -2.21. The SMILES string of the molecule is CC1(C)c2cc3sc(-c4cccc(-c5nc6ccccc6n5-c5ccccc5)c4)nc3cc2-c2cc3nc(-c4cccc(-c5nc6ccccc6n5-c5ccccc5)c4)sc3cc21. The van der Waals surface area contributed by atoms with Crippen LogP contribution < -0.4 is 0 Å². The largest absolute Gasteiger partial charge is 0.292 e. The van der Waals surface area contributed by atoms with E-state index in [9.17, 15) is 0 Å². The first-order chi connectivity index (χ1) is 30.9. The molecule has 0 saturated carbocycles. The van der Waals surface area contributed by atoms with E-state index in [0.29, 0.717) is 0 Å². The summed E-state index contributed by atoms with van der Waals surface area (Å²) in [5, 5.41) is 1.99. The van der Waals surface area contributed by atoms with E-state index in [1.807, 2.05) is 24.3 Å². The van der Waals surface area contributed by atoms with Crippen LogP contribution in [0.25, 0.3) is 109 Å². The number of rotatable bonds is 6. The summed E-state index contributed by atoms with van der Waals surface area (Å²) in [5.74, 6) is 1.83. The third kappa shape index (κ3) is 5.68. The van der Waals surface area contributed by atoms with Gasteiger partial charge in [0.15, 0.2) is 0 Å². The van der Waals surface area contributed by atoms with Gasteiger partial charge in [-0.3, -0.25) is 9.13 Å². The van der Waals surface area contributed by atoms with Crippen molar-refractivity contribution in [2.24, 2.45) is 0 Å². The van der Waals surface area contributed by atoms with E-state index < -0.39 is 0 Å². The molecule has 4 heterocycles. The summed E-state index contributed by atoms with van der Waals surface area (Å²) in [4.78, 5) is 20.8. The maximum atomic E-state index is 5.29. The van der Waals surface area contributed by atoms with Crippen LogP contribution >= 0.6 is 22.7 Å². The normalized spacial score (nSPS) is 13.0. The van der Waals surface area contributed by atoms with Crippen LogP contribution in [0.15, 0.2) is 182 Å². The van der Waals surface area contributed by atoms with Gasteiger partial charge in [-0.2, -0.15) is 0 Å². The smallest absolute Gasteiger partial charge is 0.145 e. The maximum Gasteiger partial charge on any atom is 0.145 e. The second-order valence-electron chi connectivity index (χ2n) is 16.7. The van der Waals surface area contributed by atoms with Crippen LogP contribution in [0.1, 0.15) is 25.0 Å². The van der Waals surface area contributed by atoms with Gasteiger partial charge in [0.2, 0.25) is 0 Å². The highest BCUT2D eigenvalue weighted by atomic mass is 32.1. The minimum atomic E-state index is -0.186. The molecule has 6 nitrogen and oxygen atoms in total. The molecule has 0 bridgehead atoms. The van der Waals surface area contributed by atoms with E-state index in [-0.39, 0.29) is 5.41 Å². The van der Waals surface area contributed by atoms with Crippen molar-refractivity contribution in [3.05, 3.63) is 193 Å². The molecule has 8 aromatic carbocycles. The molecular formula is C55H36N6S2. The summed E-state index contributed by atoms with van der Waals surface area (Å²) in [5.41, 5.74) is 17.5. The molecule has 0 aliphatic heterocycles. The fourth-order valence-electron chi connectivity index (χ4n) is 9.52. The van der Waals surface area contributed by atoms with Crippen molar-refractivity contribution in [2.75, 3.05) is 0 Å². The van der Waals surface area contributed by atoms with E-state index in [1.54, 1.807) is 22.7 Å². The van der Waals surface area contributed by atoms with Gasteiger partial charge in [-0.05, 0) is 107 Å². The first-order valence-corrected chi connectivity index (χ1v) is 22.8. The molecule has 0 N–H and O–H groups in total. The lowest BCUT2D eigenvalue weighted by molar-refractivity contribution is 0.662. The van der Waals surface area contributed by atoms with Crippen LogP contribution in [0.2, 0.25) is 0 Å². The van der Waals surface area contributed by atoms with E-state index >= 15 is 0 Å². The predicted molar refractivity (Wildman–Crippen MR) is 261 cm³/mol. The zero-order valence-electron chi connectivity index (χ0n) is 34.3. The standard InChI is InChI=1S/C55H36N6S2/c1-55(2)41-31-49-45(58-53(62-49)35-17-13-15-33(27-35)51-56-43-23-9-11-25-47(43)60(51)37-19-5-3-6-20-37)29-39(41)40-30-46-50(32-42(40)55)63-54(59-46)36-18-14-16-34(28-36)52-57-44-24-10-12-26-48(44)61(52)38-21-7-4-8-22-38/h3-32H,1-2H3. The van der Waals surface area contributed by atoms with Crippen molar-refractivity contribution >= 4 is 65.2 Å². The van der Waals surface area contributed by atoms with Gasteiger partial charge in [0.25, 0.3) is 0 Å². The zero-order chi connectivity index (χ0) is 41.8. The van der Waals surface area contributed by atoms with Crippen molar-refractivity contribution in [1.82, 2.24) is 29.1 Å². The highest BCUT2D eigenvalue weighted by molar-refractivity contribution is 7.22. The number of aromatic nitrogens is 6. The number of imidazole rings is 2. The van der Waals surface area contributed by atoms with Crippen molar-refractivity contribution < 1.29 is 0 Å². The molecule has 12 aromatic rings. The molecular weight excluding hydrogens is 809 g/mol. The van der Waals surface area contributed by atoms with E-state index in [4.69, 9.17) is 19.9 Å². The quantitative estimate of drug-likeness (QED) is 0.167. The first kappa shape index (κ1) is 36.2. The third-order valence-electron chi connectivity index (χ3n) is 12.6. The summed E-state index contributed by atoms with van der Waals surface area (Å²) in [6, 6.07) is 64.3. The molecule has 0 saturated heterocycles. The van der Waals surface area contributed by atoms with Gasteiger partial charge in [0, 0.05) is 39.0 Å². The lowest BCUT2D eigenvalue weighted by Crippen LogP contribution is -2.14. The minimum Gasteiger partial charge on any atom is -0.292 e. The highest BCUT2D eigenvalue weighted by Crippen LogP contribution is 2.52. The maximum absolute atomic E-state index is 5.29. The lowest BCUT2D eigenvalue weighted by atomic mass is 9.82. The molecule has 0 unspecified atom stereocenters. The Morgan fingerprint density at radius 1 is 0.381 bits per heavy atom. The molecule has 1 aliphatic rings. The second-order valence-corrected chi connectivity index (χ2v) is 18.8. The highest BCUT2D eigenvalue weighted by Gasteiger charge is 2.37. The third-order valence-corrected chi connectivity index (χ3v) is 14.7. The van der Waals surface area contributed by atoms with Gasteiger partial charge >= 0.3 is 0 Å². The number of para-hydroxylation sites is 6. The van der Waals surface area contributed by atoms with Gasteiger partial charge in [-0.1, -0.05) is 111 Å². The molecule has 0 spiro atoms. The van der Waals surface area contributed by atoms with E-state index in [1.165, 1.54) is 31.7 Å².